The topological polar surface area (TPSA) is 96.2 Å². The van der Waals surface area contributed by atoms with Crippen molar-refractivity contribution in [3.8, 4) is 0 Å². The summed E-state index contributed by atoms with van der Waals surface area (Å²) in [4.78, 5) is 14.4. The third kappa shape index (κ3) is 3.88. The van der Waals surface area contributed by atoms with E-state index in [0.29, 0.717) is 29.7 Å². The molecular formula is C16H22N6O2S. The summed E-state index contributed by atoms with van der Waals surface area (Å²) in [5.74, 6) is 0.537. The van der Waals surface area contributed by atoms with Crippen molar-refractivity contribution in [2.45, 2.75) is 51.3 Å². The van der Waals surface area contributed by atoms with E-state index >= 15 is 0 Å². The Morgan fingerprint density at radius 1 is 1.44 bits per heavy atom. The Labute approximate surface area is 149 Å². The molecule has 0 saturated heterocycles. The van der Waals surface area contributed by atoms with Crippen LogP contribution < -0.4 is 5.32 Å². The molecule has 25 heavy (non-hydrogen) atoms. The van der Waals surface area contributed by atoms with E-state index in [9.17, 15) is 9.90 Å². The van der Waals surface area contributed by atoms with Crippen LogP contribution in [0.4, 0.5) is 5.13 Å². The summed E-state index contributed by atoms with van der Waals surface area (Å²) < 4.78 is 1.94. The van der Waals surface area contributed by atoms with Gasteiger partial charge in [-0.25, -0.2) is 0 Å². The fourth-order valence-corrected chi connectivity index (χ4v) is 3.89. The monoisotopic (exact) mass is 362 g/mol. The summed E-state index contributed by atoms with van der Waals surface area (Å²) in [5, 5.41) is 26.7. The second-order valence-corrected chi connectivity index (χ2v) is 7.76. The van der Waals surface area contributed by atoms with Crippen LogP contribution in [-0.4, -0.2) is 49.0 Å². The molecule has 8 nitrogen and oxygen atoms in total. The van der Waals surface area contributed by atoms with Crippen molar-refractivity contribution in [1.29, 1.82) is 0 Å². The normalized spacial score (nSPS) is 18.8. The van der Waals surface area contributed by atoms with Gasteiger partial charge in [-0.05, 0) is 25.8 Å². The van der Waals surface area contributed by atoms with E-state index in [0.717, 1.165) is 30.3 Å². The van der Waals surface area contributed by atoms with E-state index in [1.165, 1.54) is 24.2 Å². The third-order valence-corrected chi connectivity index (χ3v) is 5.59. The van der Waals surface area contributed by atoms with Gasteiger partial charge >= 0.3 is 0 Å². The average molecular weight is 362 g/mol. The van der Waals surface area contributed by atoms with Gasteiger partial charge in [-0.2, -0.15) is 5.10 Å². The van der Waals surface area contributed by atoms with Crippen LogP contribution in [0, 0.1) is 0 Å². The van der Waals surface area contributed by atoms with Crippen molar-refractivity contribution in [2.24, 2.45) is 0 Å². The number of carbonyl (C=O) groups excluding carboxylic acids is 1. The highest BCUT2D eigenvalue weighted by molar-refractivity contribution is 7.15. The summed E-state index contributed by atoms with van der Waals surface area (Å²) in [7, 11) is 0. The van der Waals surface area contributed by atoms with E-state index in [1.807, 2.05) is 10.7 Å². The minimum atomic E-state index is -0.551. The SMILES string of the molecule is C[C@@H](O)c1cc2n(n1)CCN(CCC(=O)Nc1nnc(C3CC3)s1)C2. The molecule has 9 heteroatoms. The molecular weight excluding hydrogens is 340 g/mol. The number of carbonyl (C=O) groups is 1. The quantitative estimate of drug-likeness (QED) is 0.809. The van der Waals surface area contributed by atoms with Gasteiger partial charge in [0.05, 0.1) is 24.0 Å². The first-order valence-electron chi connectivity index (χ1n) is 8.69. The summed E-state index contributed by atoms with van der Waals surface area (Å²) in [6.45, 7) is 4.79. The third-order valence-electron chi connectivity index (χ3n) is 4.59. The molecule has 1 fully saturated rings. The largest absolute Gasteiger partial charge is 0.387 e. The van der Waals surface area contributed by atoms with Gasteiger partial charge in [0, 0.05) is 32.0 Å². The predicted octanol–water partition coefficient (Wildman–Crippen LogP) is 1.51. The number of nitrogens with zero attached hydrogens (tertiary/aromatic N) is 5. The maximum absolute atomic E-state index is 12.1. The second-order valence-electron chi connectivity index (χ2n) is 6.75. The molecule has 1 amide bonds. The highest BCUT2D eigenvalue weighted by atomic mass is 32.1. The molecule has 4 rings (SSSR count). The molecule has 0 bridgehead atoms. The molecule has 0 aromatic carbocycles. The second kappa shape index (κ2) is 6.81. The van der Waals surface area contributed by atoms with Crippen LogP contribution in [0.3, 0.4) is 0 Å². The molecule has 0 spiro atoms. The van der Waals surface area contributed by atoms with Gasteiger partial charge in [-0.3, -0.25) is 14.4 Å². The number of rotatable bonds is 6. The van der Waals surface area contributed by atoms with Crippen molar-refractivity contribution in [1.82, 2.24) is 24.9 Å². The maximum atomic E-state index is 12.1. The molecule has 0 unspecified atom stereocenters. The lowest BCUT2D eigenvalue weighted by molar-refractivity contribution is -0.116. The van der Waals surface area contributed by atoms with Gasteiger partial charge in [-0.15, -0.1) is 10.2 Å². The zero-order valence-corrected chi connectivity index (χ0v) is 15.0. The standard InChI is InChI=1S/C16H22N6O2S/c1-10(23)13-8-12-9-21(6-7-22(12)20-13)5-4-14(24)17-16-19-18-15(25-16)11-2-3-11/h8,10-11,23H,2-7,9H2,1H3,(H,17,19,24)/t10-/m1/s1. The first-order valence-corrected chi connectivity index (χ1v) is 9.50. The highest BCUT2D eigenvalue weighted by Crippen LogP contribution is 2.42. The van der Waals surface area contributed by atoms with Gasteiger partial charge in [0.15, 0.2) is 0 Å². The Hall–Kier alpha value is -1.84. The van der Waals surface area contributed by atoms with Crippen molar-refractivity contribution < 1.29 is 9.90 Å². The molecule has 3 heterocycles. The van der Waals surface area contributed by atoms with E-state index in [1.54, 1.807) is 6.92 Å². The molecule has 1 atom stereocenters. The number of anilines is 1. The first kappa shape index (κ1) is 16.6. The fraction of sp³-hybridized carbons (Fsp3) is 0.625. The predicted molar refractivity (Wildman–Crippen MR) is 93.3 cm³/mol. The van der Waals surface area contributed by atoms with Crippen molar-refractivity contribution >= 4 is 22.4 Å². The lowest BCUT2D eigenvalue weighted by Crippen LogP contribution is -2.35. The molecule has 1 aliphatic carbocycles. The van der Waals surface area contributed by atoms with Crippen LogP contribution in [0.1, 0.15) is 54.6 Å². The minimum absolute atomic E-state index is 0.0257. The Balaban J connectivity index is 1.27. The summed E-state index contributed by atoms with van der Waals surface area (Å²) in [6, 6.07) is 1.94. The van der Waals surface area contributed by atoms with Crippen LogP contribution in [0.15, 0.2) is 6.07 Å². The number of aliphatic hydroxyl groups is 1. The number of hydrogen-bond donors (Lipinski definition) is 2. The van der Waals surface area contributed by atoms with Crippen molar-refractivity contribution in [2.75, 3.05) is 18.4 Å². The molecule has 1 saturated carbocycles. The van der Waals surface area contributed by atoms with Gasteiger partial charge in [0.25, 0.3) is 0 Å². The Kier molecular flexibility index (Phi) is 4.53. The van der Waals surface area contributed by atoms with Crippen LogP contribution in [0.2, 0.25) is 0 Å². The van der Waals surface area contributed by atoms with Crippen molar-refractivity contribution in [3.05, 3.63) is 22.5 Å². The Morgan fingerprint density at radius 3 is 3.04 bits per heavy atom. The fourth-order valence-electron chi connectivity index (χ4n) is 2.96. The number of fused-ring (bicyclic) bond motifs is 1. The molecule has 2 aromatic rings. The van der Waals surface area contributed by atoms with Crippen LogP contribution >= 0.6 is 11.3 Å². The lowest BCUT2D eigenvalue weighted by atomic mass is 10.2. The zero-order chi connectivity index (χ0) is 17.4. The number of hydrogen-bond acceptors (Lipinski definition) is 7. The van der Waals surface area contributed by atoms with Gasteiger partial charge < -0.3 is 10.4 Å². The lowest BCUT2D eigenvalue weighted by Gasteiger charge is -2.27. The van der Waals surface area contributed by atoms with Gasteiger partial charge in [0.1, 0.15) is 5.01 Å². The smallest absolute Gasteiger partial charge is 0.227 e. The highest BCUT2D eigenvalue weighted by Gasteiger charge is 2.27. The zero-order valence-electron chi connectivity index (χ0n) is 14.2. The maximum Gasteiger partial charge on any atom is 0.227 e. The Morgan fingerprint density at radius 2 is 2.28 bits per heavy atom. The number of nitrogens with one attached hydrogen (secondary N) is 1. The Bertz CT molecular complexity index is 767. The average Bonchev–Trinajstić information content (AvgIpc) is 3.18. The van der Waals surface area contributed by atoms with Crippen LogP contribution in [0.25, 0.3) is 0 Å². The van der Waals surface area contributed by atoms with E-state index in [2.05, 4.69) is 25.5 Å². The molecule has 134 valence electrons. The van der Waals surface area contributed by atoms with Gasteiger partial charge in [0.2, 0.25) is 11.0 Å². The van der Waals surface area contributed by atoms with Crippen LogP contribution in [-0.2, 0) is 17.9 Å². The van der Waals surface area contributed by atoms with E-state index in [4.69, 9.17) is 0 Å². The van der Waals surface area contributed by atoms with E-state index < -0.39 is 6.10 Å². The molecule has 2 aromatic heterocycles. The first-order chi connectivity index (χ1) is 12.1. The van der Waals surface area contributed by atoms with Gasteiger partial charge in [-0.1, -0.05) is 11.3 Å². The van der Waals surface area contributed by atoms with Crippen LogP contribution in [0.5, 0.6) is 0 Å². The molecule has 1 aliphatic heterocycles. The van der Waals surface area contributed by atoms with E-state index in [-0.39, 0.29) is 5.91 Å². The number of aliphatic hydroxyl groups excluding tert-OH is 1. The molecule has 2 N–H and O–H groups in total. The molecule has 0 radical (unpaired) electrons. The summed E-state index contributed by atoms with van der Waals surface area (Å²) >= 11 is 1.49. The molecule has 2 aliphatic rings. The van der Waals surface area contributed by atoms with Crippen molar-refractivity contribution in [3.63, 3.8) is 0 Å². The summed E-state index contributed by atoms with van der Waals surface area (Å²) in [6.07, 6.45) is 2.25. The number of aromatic nitrogens is 4. The summed E-state index contributed by atoms with van der Waals surface area (Å²) in [5.41, 5.74) is 1.79. The number of amides is 1. The minimum Gasteiger partial charge on any atom is -0.387 e.